The van der Waals surface area contributed by atoms with Gasteiger partial charge >= 0.3 is 0 Å². The molecule has 4 heteroatoms. The van der Waals surface area contributed by atoms with Gasteiger partial charge in [-0.25, -0.2) is 0 Å². The van der Waals surface area contributed by atoms with Gasteiger partial charge in [-0.15, -0.1) is 11.8 Å². The van der Waals surface area contributed by atoms with Gasteiger partial charge in [-0.2, -0.15) is 0 Å². The van der Waals surface area contributed by atoms with Crippen LogP contribution >= 0.6 is 11.8 Å². The van der Waals surface area contributed by atoms with Crippen molar-refractivity contribution in [3.63, 3.8) is 0 Å². The first-order valence-corrected chi connectivity index (χ1v) is 8.79. The Morgan fingerprint density at radius 3 is 2.30 bits per heavy atom. The average molecular weight is 329 g/mol. The molecule has 0 radical (unpaired) electrons. The minimum Gasteiger partial charge on any atom is -0.385 e. The van der Waals surface area contributed by atoms with Crippen LogP contribution in [0.4, 0.5) is 0 Å². The van der Waals surface area contributed by atoms with Gasteiger partial charge in [0, 0.05) is 18.5 Å². The highest BCUT2D eigenvalue weighted by molar-refractivity contribution is 7.98. The van der Waals surface area contributed by atoms with Crippen molar-refractivity contribution in [3.8, 4) is 0 Å². The molecule has 0 spiro atoms. The molecular weight excluding hydrogens is 306 g/mol. The fraction of sp³-hybridized carbons (Fsp3) is 0.316. The predicted octanol–water partition coefficient (Wildman–Crippen LogP) is 3.66. The van der Waals surface area contributed by atoms with Crippen molar-refractivity contribution in [1.29, 1.82) is 0 Å². The number of hydrogen-bond acceptors (Lipinski definition) is 3. The maximum absolute atomic E-state index is 12.4. The van der Waals surface area contributed by atoms with Crippen LogP contribution in [0, 0.1) is 0 Å². The van der Waals surface area contributed by atoms with Crippen LogP contribution in [-0.2, 0) is 16.9 Å². The molecule has 0 aromatic heterocycles. The summed E-state index contributed by atoms with van der Waals surface area (Å²) >= 11 is 1.69. The highest BCUT2D eigenvalue weighted by Gasteiger charge is 2.27. The van der Waals surface area contributed by atoms with E-state index in [4.69, 9.17) is 0 Å². The Morgan fingerprint density at radius 2 is 1.74 bits per heavy atom. The van der Waals surface area contributed by atoms with Crippen LogP contribution in [0.15, 0.2) is 59.5 Å². The third kappa shape index (κ3) is 4.85. The zero-order chi connectivity index (χ0) is 16.9. The van der Waals surface area contributed by atoms with Crippen molar-refractivity contribution in [2.75, 3.05) is 13.3 Å². The molecule has 3 nitrogen and oxygen atoms in total. The maximum Gasteiger partial charge on any atom is 0.225 e. The van der Waals surface area contributed by atoms with Crippen LogP contribution in [0.25, 0.3) is 0 Å². The fourth-order valence-corrected chi connectivity index (χ4v) is 2.83. The zero-order valence-corrected chi connectivity index (χ0v) is 14.6. The molecule has 1 atom stereocenters. The molecule has 122 valence electrons. The van der Waals surface area contributed by atoms with Crippen molar-refractivity contribution in [1.82, 2.24) is 4.90 Å². The molecule has 2 aromatic rings. The maximum atomic E-state index is 12.4. The minimum atomic E-state index is -1.16. The van der Waals surface area contributed by atoms with E-state index in [0.717, 1.165) is 11.1 Å². The smallest absolute Gasteiger partial charge is 0.225 e. The summed E-state index contributed by atoms with van der Waals surface area (Å²) in [4.78, 5) is 15.3. The number of rotatable bonds is 6. The Morgan fingerprint density at radius 1 is 1.13 bits per heavy atom. The summed E-state index contributed by atoms with van der Waals surface area (Å²) in [5, 5.41) is 10.6. The largest absolute Gasteiger partial charge is 0.385 e. The molecule has 0 saturated heterocycles. The van der Waals surface area contributed by atoms with Gasteiger partial charge in [0.05, 0.1) is 12.0 Å². The van der Waals surface area contributed by atoms with E-state index in [0.29, 0.717) is 6.54 Å². The van der Waals surface area contributed by atoms with Crippen molar-refractivity contribution in [2.45, 2.75) is 30.4 Å². The lowest BCUT2D eigenvalue weighted by Crippen LogP contribution is -2.34. The van der Waals surface area contributed by atoms with Crippen molar-refractivity contribution < 1.29 is 9.90 Å². The second kappa shape index (κ2) is 7.66. The highest BCUT2D eigenvalue weighted by Crippen LogP contribution is 2.25. The molecule has 1 unspecified atom stereocenters. The van der Waals surface area contributed by atoms with Gasteiger partial charge in [-0.05, 0) is 36.4 Å². The van der Waals surface area contributed by atoms with Crippen LogP contribution in [0.2, 0.25) is 0 Å². The molecule has 0 saturated carbocycles. The molecule has 0 aliphatic heterocycles. The first-order chi connectivity index (χ1) is 10.9. The Bertz CT molecular complexity index is 638. The number of amides is 1. The Kier molecular flexibility index (Phi) is 5.85. The van der Waals surface area contributed by atoms with Crippen molar-refractivity contribution in [2.24, 2.45) is 0 Å². The lowest BCUT2D eigenvalue weighted by Gasteiger charge is -2.26. The third-order valence-electron chi connectivity index (χ3n) is 3.90. The molecule has 1 amide bonds. The van der Waals surface area contributed by atoms with Crippen LogP contribution in [-0.4, -0.2) is 29.2 Å². The monoisotopic (exact) mass is 329 g/mol. The number of nitrogens with zero attached hydrogens (tertiary/aromatic N) is 1. The number of carbonyl (C=O) groups excluding carboxylic acids is 1. The van der Waals surface area contributed by atoms with E-state index < -0.39 is 5.60 Å². The van der Waals surface area contributed by atoms with E-state index in [1.807, 2.05) is 48.7 Å². The Balaban J connectivity index is 1.99. The van der Waals surface area contributed by atoms with Crippen LogP contribution in [0.5, 0.6) is 0 Å². The lowest BCUT2D eigenvalue weighted by atomic mass is 9.92. The first-order valence-electron chi connectivity index (χ1n) is 7.57. The van der Waals surface area contributed by atoms with Gasteiger partial charge in [0.25, 0.3) is 0 Å². The van der Waals surface area contributed by atoms with Crippen molar-refractivity contribution >= 4 is 17.7 Å². The van der Waals surface area contributed by atoms with E-state index in [-0.39, 0.29) is 12.3 Å². The molecule has 2 rings (SSSR count). The number of aliphatic hydroxyl groups is 1. The standard InChI is InChI=1S/C19H23NO2S/c1-19(22,16-7-5-4-6-8-16)13-18(21)20(2)14-15-9-11-17(23-3)12-10-15/h4-12,22H,13-14H2,1-3H3. The van der Waals surface area contributed by atoms with Crippen LogP contribution in [0.1, 0.15) is 24.5 Å². The second-order valence-corrected chi connectivity index (χ2v) is 6.79. The summed E-state index contributed by atoms with van der Waals surface area (Å²) in [5.41, 5.74) is 0.680. The SMILES string of the molecule is CSc1ccc(CN(C)C(=O)CC(C)(O)c2ccccc2)cc1. The van der Waals surface area contributed by atoms with Gasteiger partial charge in [0.15, 0.2) is 0 Å². The predicted molar refractivity (Wildman–Crippen MR) is 95.3 cm³/mol. The molecule has 1 N–H and O–H groups in total. The van der Waals surface area contributed by atoms with Crippen LogP contribution in [0.3, 0.4) is 0 Å². The average Bonchev–Trinajstić information content (AvgIpc) is 2.56. The number of benzene rings is 2. The summed E-state index contributed by atoms with van der Waals surface area (Å²) < 4.78 is 0. The van der Waals surface area contributed by atoms with E-state index in [1.165, 1.54) is 4.90 Å². The Hall–Kier alpha value is -1.78. The van der Waals surface area contributed by atoms with E-state index in [1.54, 1.807) is 30.6 Å². The third-order valence-corrected chi connectivity index (χ3v) is 4.64. The normalized spacial score (nSPS) is 13.4. The summed E-state index contributed by atoms with van der Waals surface area (Å²) in [7, 11) is 1.77. The van der Waals surface area contributed by atoms with Crippen LogP contribution < -0.4 is 0 Å². The summed E-state index contributed by atoms with van der Waals surface area (Å²) in [6.07, 6.45) is 2.10. The first kappa shape index (κ1) is 17.6. The minimum absolute atomic E-state index is 0.0659. The lowest BCUT2D eigenvalue weighted by molar-refractivity contribution is -0.135. The number of hydrogen-bond donors (Lipinski definition) is 1. The molecule has 0 aliphatic rings. The topological polar surface area (TPSA) is 40.5 Å². The summed E-state index contributed by atoms with van der Waals surface area (Å²) in [6.45, 7) is 2.22. The second-order valence-electron chi connectivity index (χ2n) is 5.91. The molecule has 23 heavy (non-hydrogen) atoms. The summed E-state index contributed by atoms with van der Waals surface area (Å²) in [5.74, 6) is -0.0761. The van der Waals surface area contributed by atoms with Gasteiger partial charge in [0.2, 0.25) is 5.91 Å². The van der Waals surface area contributed by atoms with Gasteiger partial charge in [-0.1, -0.05) is 42.5 Å². The quantitative estimate of drug-likeness (QED) is 0.822. The Labute approximate surface area is 142 Å². The van der Waals surface area contributed by atoms with Gasteiger partial charge in [0.1, 0.15) is 0 Å². The van der Waals surface area contributed by atoms with E-state index in [9.17, 15) is 9.90 Å². The highest BCUT2D eigenvalue weighted by atomic mass is 32.2. The zero-order valence-electron chi connectivity index (χ0n) is 13.8. The van der Waals surface area contributed by atoms with Gasteiger partial charge < -0.3 is 10.0 Å². The van der Waals surface area contributed by atoms with E-state index in [2.05, 4.69) is 12.1 Å². The molecule has 0 aliphatic carbocycles. The molecule has 2 aromatic carbocycles. The fourth-order valence-electron chi connectivity index (χ4n) is 2.42. The van der Waals surface area contributed by atoms with Gasteiger partial charge in [-0.3, -0.25) is 4.79 Å². The molecule has 0 heterocycles. The van der Waals surface area contributed by atoms with Crippen molar-refractivity contribution in [3.05, 3.63) is 65.7 Å². The molecular formula is C19H23NO2S. The van der Waals surface area contributed by atoms with E-state index >= 15 is 0 Å². The molecule has 0 bridgehead atoms. The molecule has 0 fully saturated rings. The number of thioether (sulfide) groups is 1. The number of carbonyl (C=O) groups is 1. The summed E-state index contributed by atoms with van der Waals surface area (Å²) in [6, 6.07) is 17.5.